The van der Waals surface area contributed by atoms with Gasteiger partial charge < -0.3 is 16.0 Å². The van der Waals surface area contributed by atoms with Crippen molar-refractivity contribution in [3.8, 4) is 0 Å². The zero-order chi connectivity index (χ0) is 13.8. The van der Waals surface area contributed by atoms with Crippen molar-refractivity contribution in [2.45, 2.75) is 32.7 Å². The number of H-pyrrole nitrogens is 1. The molecule has 0 radical (unpaired) electrons. The van der Waals surface area contributed by atoms with Crippen LogP contribution in [0.15, 0.2) is 23.1 Å². The predicted molar refractivity (Wildman–Crippen MR) is 71.4 cm³/mol. The molecular formula is C13H21N3O2. The molecule has 1 atom stereocenters. The molecule has 1 aromatic heterocycles. The van der Waals surface area contributed by atoms with Gasteiger partial charge in [0.15, 0.2) is 0 Å². The molecule has 100 valence electrons. The highest BCUT2D eigenvalue weighted by atomic mass is 16.2. The molecule has 5 nitrogen and oxygen atoms in total. The van der Waals surface area contributed by atoms with Gasteiger partial charge in [-0.05, 0) is 31.4 Å². The van der Waals surface area contributed by atoms with Gasteiger partial charge in [0, 0.05) is 18.3 Å². The molecule has 18 heavy (non-hydrogen) atoms. The van der Waals surface area contributed by atoms with Crippen molar-refractivity contribution < 1.29 is 4.79 Å². The van der Waals surface area contributed by atoms with Gasteiger partial charge in [-0.1, -0.05) is 13.8 Å². The Bertz CT molecular complexity index is 467. The zero-order valence-corrected chi connectivity index (χ0v) is 11.1. The van der Waals surface area contributed by atoms with Crippen LogP contribution < -0.4 is 16.6 Å². The van der Waals surface area contributed by atoms with Gasteiger partial charge >= 0.3 is 0 Å². The molecule has 1 aromatic rings. The van der Waals surface area contributed by atoms with E-state index in [9.17, 15) is 9.59 Å². The second-order valence-corrected chi connectivity index (χ2v) is 5.23. The first-order valence-corrected chi connectivity index (χ1v) is 6.08. The Balaban J connectivity index is 2.86. The summed E-state index contributed by atoms with van der Waals surface area (Å²) in [5, 5.41) is 2.85. The van der Waals surface area contributed by atoms with Crippen molar-refractivity contribution in [2.24, 2.45) is 11.7 Å². The van der Waals surface area contributed by atoms with E-state index in [1.54, 1.807) is 6.07 Å². The lowest BCUT2D eigenvalue weighted by Gasteiger charge is -2.31. The number of rotatable bonds is 5. The molecule has 0 saturated carbocycles. The summed E-state index contributed by atoms with van der Waals surface area (Å²) in [5.74, 6) is 0.0263. The molecule has 0 aliphatic heterocycles. The maximum atomic E-state index is 12.0. The second-order valence-electron chi connectivity index (χ2n) is 5.23. The van der Waals surface area contributed by atoms with Gasteiger partial charge in [0.1, 0.15) is 5.56 Å². The second kappa shape index (κ2) is 5.82. The van der Waals surface area contributed by atoms with Crippen molar-refractivity contribution in [2.75, 3.05) is 6.54 Å². The van der Waals surface area contributed by atoms with Gasteiger partial charge in [-0.3, -0.25) is 9.59 Å². The fourth-order valence-corrected chi connectivity index (χ4v) is 2.03. The third kappa shape index (κ3) is 3.70. The van der Waals surface area contributed by atoms with Crippen LogP contribution in [0.25, 0.3) is 0 Å². The number of carbonyl (C=O) groups excluding carboxylic acids is 1. The van der Waals surface area contributed by atoms with E-state index < -0.39 is 5.54 Å². The number of aromatic nitrogens is 1. The highest BCUT2D eigenvalue weighted by molar-refractivity contribution is 5.94. The Morgan fingerprint density at radius 1 is 1.56 bits per heavy atom. The SMILES string of the molecule is CC(C)CC(C)(CN)NC(=O)c1ccc[nH]c1=O. The van der Waals surface area contributed by atoms with Crippen LogP contribution in [0.3, 0.4) is 0 Å². The van der Waals surface area contributed by atoms with E-state index in [-0.39, 0.29) is 17.0 Å². The van der Waals surface area contributed by atoms with E-state index in [0.29, 0.717) is 12.5 Å². The maximum Gasteiger partial charge on any atom is 0.260 e. The van der Waals surface area contributed by atoms with Gasteiger partial charge in [-0.25, -0.2) is 0 Å². The number of carbonyl (C=O) groups is 1. The number of aromatic amines is 1. The molecule has 0 aliphatic carbocycles. The quantitative estimate of drug-likeness (QED) is 0.725. The van der Waals surface area contributed by atoms with Crippen LogP contribution >= 0.6 is 0 Å². The van der Waals surface area contributed by atoms with Gasteiger partial charge in [-0.2, -0.15) is 0 Å². The van der Waals surface area contributed by atoms with Crippen LogP contribution in [0.1, 0.15) is 37.6 Å². The molecule has 1 rings (SSSR count). The molecule has 0 aliphatic rings. The van der Waals surface area contributed by atoms with Crippen molar-refractivity contribution in [3.63, 3.8) is 0 Å². The summed E-state index contributed by atoms with van der Waals surface area (Å²) in [6, 6.07) is 3.12. The molecule has 0 aromatic carbocycles. The fourth-order valence-electron chi connectivity index (χ4n) is 2.03. The van der Waals surface area contributed by atoms with Crippen LogP contribution in [-0.2, 0) is 0 Å². The fraction of sp³-hybridized carbons (Fsp3) is 0.538. The number of hydrogen-bond acceptors (Lipinski definition) is 3. The highest BCUT2D eigenvalue weighted by Gasteiger charge is 2.27. The Morgan fingerprint density at radius 2 is 2.22 bits per heavy atom. The Hall–Kier alpha value is -1.62. The Kier molecular flexibility index (Phi) is 4.67. The summed E-state index contributed by atoms with van der Waals surface area (Å²) in [5.41, 5.74) is 4.95. The zero-order valence-electron chi connectivity index (χ0n) is 11.1. The highest BCUT2D eigenvalue weighted by Crippen LogP contribution is 2.15. The molecule has 0 saturated heterocycles. The van der Waals surface area contributed by atoms with Crippen molar-refractivity contribution in [1.29, 1.82) is 0 Å². The number of nitrogens with two attached hydrogens (primary N) is 1. The Morgan fingerprint density at radius 3 is 2.72 bits per heavy atom. The average molecular weight is 251 g/mol. The topological polar surface area (TPSA) is 88.0 Å². The lowest BCUT2D eigenvalue weighted by molar-refractivity contribution is 0.0896. The first kappa shape index (κ1) is 14.4. The van der Waals surface area contributed by atoms with Crippen LogP contribution in [0.5, 0.6) is 0 Å². The summed E-state index contributed by atoms with van der Waals surface area (Å²) in [6.45, 7) is 6.36. The van der Waals surface area contributed by atoms with E-state index in [1.807, 2.05) is 6.92 Å². The van der Waals surface area contributed by atoms with E-state index >= 15 is 0 Å². The lowest BCUT2D eigenvalue weighted by Crippen LogP contribution is -2.52. The summed E-state index contributed by atoms with van der Waals surface area (Å²) in [6.07, 6.45) is 2.26. The minimum atomic E-state index is -0.493. The number of pyridine rings is 1. The molecule has 1 amide bonds. The largest absolute Gasteiger partial charge is 0.345 e. The van der Waals surface area contributed by atoms with Crippen molar-refractivity contribution in [3.05, 3.63) is 34.2 Å². The maximum absolute atomic E-state index is 12.0. The van der Waals surface area contributed by atoms with Crippen LogP contribution in [-0.4, -0.2) is 23.0 Å². The monoisotopic (exact) mass is 251 g/mol. The van der Waals surface area contributed by atoms with E-state index in [1.165, 1.54) is 12.3 Å². The molecular weight excluding hydrogens is 230 g/mol. The van der Waals surface area contributed by atoms with Crippen LogP contribution in [0, 0.1) is 5.92 Å². The smallest absolute Gasteiger partial charge is 0.260 e. The van der Waals surface area contributed by atoms with Gasteiger partial charge in [-0.15, -0.1) is 0 Å². The van der Waals surface area contributed by atoms with E-state index in [0.717, 1.165) is 6.42 Å². The number of hydrogen-bond donors (Lipinski definition) is 3. The first-order valence-electron chi connectivity index (χ1n) is 6.08. The summed E-state index contributed by atoms with van der Waals surface area (Å²) in [7, 11) is 0. The number of nitrogens with one attached hydrogen (secondary N) is 2. The minimum absolute atomic E-state index is 0.112. The summed E-state index contributed by atoms with van der Waals surface area (Å²) in [4.78, 5) is 26.0. The molecule has 0 spiro atoms. The lowest BCUT2D eigenvalue weighted by atomic mass is 9.90. The normalized spacial score (nSPS) is 14.3. The third-order valence-electron chi connectivity index (χ3n) is 2.79. The third-order valence-corrected chi connectivity index (χ3v) is 2.79. The minimum Gasteiger partial charge on any atom is -0.345 e. The average Bonchev–Trinajstić information content (AvgIpc) is 2.28. The first-order chi connectivity index (χ1) is 8.38. The summed E-state index contributed by atoms with van der Waals surface area (Å²) >= 11 is 0. The molecule has 0 fully saturated rings. The van der Waals surface area contributed by atoms with Crippen molar-refractivity contribution in [1.82, 2.24) is 10.3 Å². The molecule has 1 heterocycles. The number of amides is 1. The standard InChI is InChI=1S/C13H21N3O2/c1-9(2)7-13(3,8-14)16-12(18)10-5-4-6-15-11(10)17/h4-6,9H,7-8,14H2,1-3H3,(H,15,17)(H,16,18). The van der Waals surface area contributed by atoms with Gasteiger partial charge in [0.25, 0.3) is 11.5 Å². The molecule has 4 N–H and O–H groups in total. The van der Waals surface area contributed by atoms with Crippen LogP contribution in [0.4, 0.5) is 0 Å². The molecule has 5 heteroatoms. The predicted octanol–water partition coefficient (Wildman–Crippen LogP) is 0.868. The molecule has 1 unspecified atom stereocenters. The van der Waals surface area contributed by atoms with Crippen LogP contribution in [0.2, 0.25) is 0 Å². The van der Waals surface area contributed by atoms with E-state index in [2.05, 4.69) is 24.1 Å². The summed E-state index contributed by atoms with van der Waals surface area (Å²) < 4.78 is 0. The van der Waals surface area contributed by atoms with Gasteiger partial charge in [0.2, 0.25) is 0 Å². The molecule has 0 bridgehead atoms. The van der Waals surface area contributed by atoms with Gasteiger partial charge in [0.05, 0.1) is 0 Å². The van der Waals surface area contributed by atoms with E-state index in [4.69, 9.17) is 5.73 Å². The van der Waals surface area contributed by atoms with Crippen molar-refractivity contribution >= 4 is 5.91 Å². The Labute approximate surface area is 107 Å².